The fraction of sp³-hybridized carbons (Fsp3) is 0.0526. The average molecular weight is 847 g/mol. The molecule has 0 atom stereocenters. The Morgan fingerprint density at radius 1 is 0.308 bits per heavy atom. The van der Waals surface area contributed by atoms with E-state index in [9.17, 15) is 0 Å². The molecule has 0 amide bonds. The van der Waals surface area contributed by atoms with E-state index in [4.69, 9.17) is 9.97 Å². The third-order valence-corrected chi connectivity index (χ3v) is 11.6. The van der Waals surface area contributed by atoms with Crippen molar-refractivity contribution in [2.45, 2.75) is 17.8 Å². The smallest absolute Gasteiger partial charge is 0.179 e. The molecule has 0 fully saturated rings. The van der Waals surface area contributed by atoms with E-state index in [2.05, 4.69) is 0 Å². The van der Waals surface area contributed by atoms with Gasteiger partial charge in [-0.1, -0.05) is 200 Å². The summed E-state index contributed by atoms with van der Waals surface area (Å²) < 4.78 is 0. The van der Waals surface area contributed by atoms with Crippen molar-refractivity contribution >= 4 is 56.5 Å². The fourth-order valence-corrected chi connectivity index (χ4v) is 8.50. The molecule has 0 saturated heterocycles. The van der Waals surface area contributed by atoms with E-state index >= 15 is 28.8 Å². The van der Waals surface area contributed by atoms with Crippen LogP contribution in [0.25, 0.3) is 21.8 Å². The number of rotatable bonds is 15. The van der Waals surface area contributed by atoms with Crippen LogP contribution in [-0.4, -0.2) is 44.7 Å². The molecule has 9 aromatic rings. The van der Waals surface area contributed by atoms with Crippen molar-refractivity contribution in [1.29, 1.82) is 0 Å². The largest absolute Gasteiger partial charge is 0.293 e. The van der Waals surface area contributed by atoms with Gasteiger partial charge < -0.3 is 0 Å². The van der Waals surface area contributed by atoms with E-state index in [1.807, 2.05) is 6.07 Å². The highest BCUT2D eigenvalue weighted by Gasteiger charge is 2.45. The third kappa shape index (κ3) is 8.12. The number of fused-ring (bicyclic) bond motifs is 3. The Morgan fingerprint density at radius 3 is 0.985 bits per heavy atom. The molecular formula is C57H38N2O6. The van der Waals surface area contributed by atoms with Crippen LogP contribution in [0.5, 0.6) is 0 Å². The summed E-state index contributed by atoms with van der Waals surface area (Å²) in [5.74, 6) is -9.41. The van der Waals surface area contributed by atoms with Gasteiger partial charge >= 0.3 is 0 Å². The lowest BCUT2D eigenvalue weighted by Crippen LogP contribution is -2.33. The summed E-state index contributed by atoms with van der Waals surface area (Å²) in [4.78, 5) is 103. The van der Waals surface area contributed by atoms with Crippen molar-refractivity contribution in [3.05, 3.63) is 263 Å². The van der Waals surface area contributed by atoms with E-state index in [0.29, 0.717) is 10.9 Å². The van der Waals surface area contributed by atoms with Crippen molar-refractivity contribution in [3.63, 3.8) is 0 Å². The van der Waals surface area contributed by atoms with Gasteiger partial charge in [-0.3, -0.25) is 33.8 Å². The number of Topliss-reactive ketones (excluding diaryl/α,β-unsaturated/α-hetero) is 6. The second kappa shape index (κ2) is 18.4. The quantitative estimate of drug-likeness (QED) is 0.0567. The van der Waals surface area contributed by atoms with Crippen LogP contribution in [-0.2, 0) is 0 Å². The molecule has 0 aliphatic rings. The molecular weight excluding hydrogens is 809 g/mol. The van der Waals surface area contributed by atoms with Crippen LogP contribution in [0.1, 0.15) is 96.7 Å². The molecule has 65 heavy (non-hydrogen) atoms. The minimum absolute atomic E-state index is 0.0365. The van der Waals surface area contributed by atoms with Crippen LogP contribution in [0.4, 0.5) is 0 Å². The Bertz CT molecular complexity index is 3100. The van der Waals surface area contributed by atoms with Gasteiger partial charge in [-0.05, 0) is 17.2 Å². The van der Waals surface area contributed by atoms with Gasteiger partial charge in [0.1, 0.15) is 17.8 Å². The standard InChI is InChI=1S/C57H38N2O6/c60-52(37-20-7-1-8-21-37)46(53(61)38-22-9-2-10-23-38)44-43-34-33-36-32-19-35-58-49(36)50(43)59-51(48(56(64)41-28-15-5-16-29-41)57(65)42-30-17-6-18-31-42)45(44)47(54(62)39-24-11-3-12-25-39)55(63)40-26-13-4-14-27-40/h1-35,46-48H. The molecule has 0 aliphatic heterocycles. The van der Waals surface area contributed by atoms with E-state index in [1.54, 1.807) is 206 Å². The Labute approximate surface area is 374 Å². The predicted molar refractivity (Wildman–Crippen MR) is 250 cm³/mol. The summed E-state index contributed by atoms with van der Waals surface area (Å²) in [5, 5.41) is 0.869. The minimum Gasteiger partial charge on any atom is -0.293 e. The van der Waals surface area contributed by atoms with E-state index in [0.717, 1.165) is 0 Å². The van der Waals surface area contributed by atoms with Crippen molar-refractivity contribution < 1.29 is 28.8 Å². The molecule has 312 valence electrons. The van der Waals surface area contributed by atoms with E-state index < -0.39 is 52.5 Å². The van der Waals surface area contributed by atoms with Crippen LogP contribution in [0, 0.1) is 0 Å². The summed E-state index contributed by atoms with van der Waals surface area (Å²) in [7, 11) is 0. The number of pyridine rings is 2. The molecule has 0 N–H and O–H groups in total. The van der Waals surface area contributed by atoms with Crippen molar-refractivity contribution in [2.75, 3.05) is 0 Å². The zero-order chi connectivity index (χ0) is 44.9. The number of carbonyl (C=O) groups excluding carboxylic acids is 6. The van der Waals surface area contributed by atoms with E-state index in [1.165, 1.54) is 0 Å². The normalized spacial score (nSPS) is 11.2. The van der Waals surface area contributed by atoms with Gasteiger partial charge in [0.15, 0.2) is 34.7 Å². The van der Waals surface area contributed by atoms with Crippen LogP contribution in [0.15, 0.2) is 212 Å². The highest BCUT2D eigenvalue weighted by Crippen LogP contribution is 2.45. The van der Waals surface area contributed by atoms with Gasteiger partial charge in [0.25, 0.3) is 0 Å². The number of aromatic nitrogens is 2. The van der Waals surface area contributed by atoms with Gasteiger partial charge in [-0.15, -0.1) is 0 Å². The number of hydrogen-bond acceptors (Lipinski definition) is 8. The summed E-state index contributed by atoms with van der Waals surface area (Å²) in [6.07, 6.45) is 1.57. The van der Waals surface area contributed by atoms with Gasteiger partial charge in [0, 0.05) is 50.4 Å². The first kappa shape index (κ1) is 41.7. The Hall–Kier alpha value is -8.62. The van der Waals surface area contributed by atoms with Crippen LogP contribution in [0.2, 0.25) is 0 Å². The van der Waals surface area contributed by atoms with Crippen molar-refractivity contribution in [3.8, 4) is 0 Å². The first-order valence-electron chi connectivity index (χ1n) is 21.1. The molecule has 0 unspecified atom stereocenters. The highest BCUT2D eigenvalue weighted by molar-refractivity contribution is 6.27. The number of benzene rings is 7. The summed E-state index contributed by atoms with van der Waals surface area (Å²) in [5.41, 5.74) is 0.973. The van der Waals surface area contributed by atoms with E-state index in [-0.39, 0.29) is 61.1 Å². The third-order valence-electron chi connectivity index (χ3n) is 11.6. The van der Waals surface area contributed by atoms with Crippen LogP contribution >= 0.6 is 0 Å². The summed E-state index contributed by atoms with van der Waals surface area (Å²) in [6, 6.07) is 56.5. The molecule has 8 heteroatoms. The molecule has 9 rings (SSSR count). The maximum absolute atomic E-state index is 15.6. The Kier molecular flexibility index (Phi) is 11.8. The van der Waals surface area contributed by atoms with Gasteiger partial charge in [0.05, 0.1) is 16.7 Å². The average Bonchev–Trinajstić information content (AvgIpc) is 3.38. The Balaban J connectivity index is 1.51. The first-order chi connectivity index (χ1) is 31.8. The second-order valence-corrected chi connectivity index (χ2v) is 15.5. The first-order valence-corrected chi connectivity index (χ1v) is 21.1. The maximum atomic E-state index is 15.6. The van der Waals surface area contributed by atoms with Crippen molar-refractivity contribution in [1.82, 2.24) is 9.97 Å². The zero-order valence-electron chi connectivity index (χ0n) is 34.8. The van der Waals surface area contributed by atoms with Gasteiger partial charge in [0.2, 0.25) is 0 Å². The number of nitrogens with zero attached hydrogens (tertiary/aromatic N) is 2. The fourth-order valence-electron chi connectivity index (χ4n) is 8.50. The van der Waals surface area contributed by atoms with Crippen LogP contribution in [0.3, 0.4) is 0 Å². The number of hydrogen-bond donors (Lipinski definition) is 0. The predicted octanol–water partition coefficient (Wildman–Crippen LogP) is 11.3. The number of ketones is 6. The molecule has 8 nitrogen and oxygen atoms in total. The monoisotopic (exact) mass is 846 g/mol. The molecule has 7 aromatic carbocycles. The molecule has 0 spiro atoms. The minimum atomic E-state index is -1.84. The Morgan fingerprint density at radius 2 is 0.631 bits per heavy atom. The molecule has 2 aromatic heterocycles. The lowest BCUT2D eigenvalue weighted by atomic mass is 9.71. The topological polar surface area (TPSA) is 128 Å². The van der Waals surface area contributed by atoms with Crippen molar-refractivity contribution in [2.24, 2.45) is 0 Å². The lowest BCUT2D eigenvalue weighted by Gasteiger charge is -2.29. The van der Waals surface area contributed by atoms with Crippen LogP contribution < -0.4 is 0 Å². The molecule has 0 saturated carbocycles. The zero-order valence-corrected chi connectivity index (χ0v) is 34.8. The lowest BCUT2D eigenvalue weighted by molar-refractivity contribution is 0.0823. The number of carbonyl (C=O) groups is 6. The molecule has 2 heterocycles. The highest BCUT2D eigenvalue weighted by atomic mass is 16.2. The SMILES string of the molecule is O=C(c1ccccc1)C(C(=O)c1ccccc1)c1nc2c(ccc3cccnc32)c(C(C(=O)c2ccccc2)C(=O)c2ccccc2)c1C(C(=O)c1ccccc1)C(=O)c1ccccc1. The molecule has 0 radical (unpaired) electrons. The maximum Gasteiger partial charge on any atom is 0.179 e. The molecule has 0 aliphatic carbocycles. The summed E-state index contributed by atoms with van der Waals surface area (Å²) in [6.45, 7) is 0. The second-order valence-electron chi connectivity index (χ2n) is 15.5. The summed E-state index contributed by atoms with van der Waals surface area (Å²) >= 11 is 0. The van der Waals surface area contributed by atoms with Gasteiger partial charge in [-0.25, -0.2) is 4.98 Å². The van der Waals surface area contributed by atoms with Gasteiger partial charge in [-0.2, -0.15) is 0 Å². The molecule has 0 bridgehead atoms.